The highest BCUT2D eigenvalue weighted by molar-refractivity contribution is 8.25. The summed E-state index contributed by atoms with van der Waals surface area (Å²) in [6.07, 6.45) is 2.72. The van der Waals surface area contributed by atoms with E-state index in [-0.39, 0.29) is 0 Å². The summed E-state index contributed by atoms with van der Waals surface area (Å²) in [5.41, 5.74) is 5.12. The number of benzene rings is 3. The fourth-order valence-electron chi connectivity index (χ4n) is 3.85. The topological polar surface area (TPSA) is 31.4 Å². The summed E-state index contributed by atoms with van der Waals surface area (Å²) >= 11 is 1.77. The number of aryl methyl sites for hydroxylation is 2. The molecule has 6 heteroatoms. The van der Waals surface area contributed by atoms with E-state index in [0.717, 1.165) is 44.9 Å². The summed E-state index contributed by atoms with van der Waals surface area (Å²) in [6, 6.07) is 26.5. The maximum Gasteiger partial charge on any atom is 0.220 e. The van der Waals surface area contributed by atoms with Crippen molar-refractivity contribution in [2.45, 2.75) is 38.5 Å². The first kappa shape index (κ1) is 24.0. The third kappa shape index (κ3) is 6.48. The van der Waals surface area contributed by atoms with Crippen molar-refractivity contribution in [1.29, 1.82) is 0 Å². The van der Waals surface area contributed by atoms with Crippen molar-refractivity contribution >= 4 is 30.9 Å². The average molecular weight is 463 g/mol. The Morgan fingerprint density at radius 2 is 1.50 bits per heavy atom. The molecule has 3 nitrogen and oxygen atoms in total. The molecule has 3 aromatic carbocycles. The lowest BCUT2D eigenvalue weighted by Crippen LogP contribution is -2.08. The van der Waals surface area contributed by atoms with Gasteiger partial charge < -0.3 is 9.47 Å². The van der Waals surface area contributed by atoms with Crippen molar-refractivity contribution in [3.05, 3.63) is 107 Å². The molecule has 0 unspecified atom stereocenters. The van der Waals surface area contributed by atoms with Crippen LogP contribution in [-0.2, 0) is 12.9 Å². The molecule has 168 valence electrons. The van der Waals surface area contributed by atoms with Crippen LogP contribution in [0.5, 0.6) is 17.4 Å². The summed E-state index contributed by atoms with van der Waals surface area (Å²) in [5, 5.41) is 0. The van der Waals surface area contributed by atoms with Crippen molar-refractivity contribution in [3.8, 4) is 17.4 Å². The average Bonchev–Trinajstić information content (AvgIpc) is 2.82. The fraction of sp³-hybridized carbons (Fsp3) is 0.179. The van der Waals surface area contributed by atoms with Crippen molar-refractivity contribution in [2.75, 3.05) is 0 Å². The van der Waals surface area contributed by atoms with Gasteiger partial charge in [0.25, 0.3) is 0 Å². The zero-order valence-electron chi connectivity index (χ0n) is 19.8. The van der Waals surface area contributed by atoms with E-state index in [1.807, 2.05) is 56.3 Å². The van der Waals surface area contributed by atoms with E-state index in [9.17, 15) is 0 Å². The molecule has 0 fully saturated rings. The van der Waals surface area contributed by atoms with E-state index < -0.39 is 0 Å². The molecule has 0 saturated carbocycles. The largest absolute Gasteiger partial charge is 0.486 e. The Labute approximate surface area is 208 Å². The van der Waals surface area contributed by atoms with Crippen LogP contribution in [0.1, 0.15) is 22.3 Å². The van der Waals surface area contributed by atoms with Crippen LogP contribution in [0.15, 0.2) is 90.0 Å². The van der Waals surface area contributed by atoms with Crippen LogP contribution in [-0.4, -0.2) is 18.8 Å². The quantitative estimate of drug-likeness (QED) is 0.271. The molecule has 34 heavy (non-hydrogen) atoms. The van der Waals surface area contributed by atoms with E-state index in [1.165, 1.54) is 5.56 Å². The highest BCUT2D eigenvalue weighted by Gasteiger charge is 2.17. The normalized spacial score (nSPS) is 10.7. The van der Waals surface area contributed by atoms with Crippen LogP contribution >= 0.6 is 11.6 Å². The van der Waals surface area contributed by atoms with Gasteiger partial charge in [-0.15, -0.1) is 0 Å². The monoisotopic (exact) mass is 463 g/mol. The number of rotatable bonds is 9. The summed E-state index contributed by atoms with van der Waals surface area (Å²) < 4.78 is 12.4. The van der Waals surface area contributed by atoms with Gasteiger partial charge in [-0.3, -0.25) is 0 Å². The third-order valence-corrected chi connectivity index (χ3v) is 6.57. The van der Waals surface area contributed by atoms with Gasteiger partial charge in [-0.25, -0.2) is 4.98 Å². The number of hydrogen-bond acceptors (Lipinski definition) is 4. The SMILES string of the molecule is [B]c1cc(C)c(Oc2cc(SB(C)Cc3ccccc3)c(OCc3ccccc3)cn2)c(C)c1. The molecule has 2 radical (unpaired) electrons. The second-order valence-electron chi connectivity index (χ2n) is 8.45. The molecule has 0 bridgehead atoms. The van der Waals surface area contributed by atoms with E-state index in [4.69, 9.17) is 17.3 Å². The minimum atomic E-state index is 0.344. The van der Waals surface area contributed by atoms with Gasteiger partial charge in [-0.1, -0.05) is 90.6 Å². The first-order chi connectivity index (χ1) is 16.5. The van der Waals surface area contributed by atoms with E-state index in [2.05, 4.69) is 48.2 Å². The van der Waals surface area contributed by atoms with Crippen LogP contribution in [0.25, 0.3) is 0 Å². The van der Waals surface area contributed by atoms with Gasteiger partial charge in [0.2, 0.25) is 11.9 Å². The first-order valence-electron chi connectivity index (χ1n) is 11.4. The van der Waals surface area contributed by atoms with Crippen LogP contribution in [0.2, 0.25) is 6.82 Å². The number of nitrogens with zero attached hydrogens (tertiary/aromatic N) is 1. The Morgan fingerprint density at radius 3 is 2.15 bits per heavy atom. The highest BCUT2D eigenvalue weighted by Crippen LogP contribution is 2.36. The smallest absolute Gasteiger partial charge is 0.220 e. The molecular formula is C28H27B2NO2S. The fourth-order valence-corrected chi connectivity index (χ4v) is 4.96. The third-order valence-electron chi connectivity index (χ3n) is 5.43. The standard InChI is InChI=1S/C28H27B2NO2S/c1-20-14-24(29)15-21(2)28(20)33-27-16-26(34-30(3)17-22-10-6-4-7-11-22)25(18-31-27)32-19-23-12-8-5-9-13-23/h4-16,18H,17,19H2,1-3H3. The molecule has 0 aliphatic rings. The van der Waals surface area contributed by atoms with Crippen LogP contribution < -0.4 is 14.9 Å². The van der Waals surface area contributed by atoms with Gasteiger partial charge in [0.1, 0.15) is 20.2 Å². The van der Waals surface area contributed by atoms with Gasteiger partial charge in [0.15, 0.2) is 5.75 Å². The molecule has 0 N–H and O–H groups in total. The Morgan fingerprint density at radius 1 is 0.882 bits per heavy atom. The molecule has 0 saturated heterocycles. The first-order valence-corrected chi connectivity index (χ1v) is 12.3. The predicted molar refractivity (Wildman–Crippen MR) is 144 cm³/mol. The zero-order valence-corrected chi connectivity index (χ0v) is 20.6. The van der Waals surface area contributed by atoms with E-state index >= 15 is 0 Å². The van der Waals surface area contributed by atoms with Crippen LogP contribution in [0.3, 0.4) is 0 Å². The van der Waals surface area contributed by atoms with Crippen LogP contribution in [0.4, 0.5) is 0 Å². The second-order valence-corrected chi connectivity index (χ2v) is 9.93. The molecule has 1 heterocycles. The summed E-state index contributed by atoms with van der Waals surface area (Å²) in [6.45, 7) is 6.70. The lowest BCUT2D eigenvalue weighted by atomic mass is 9.73. The molecule has 0 aliphatic heterocycles. The molecular weight excluding hydrogens is 436 g/mol. The number of ether oxygens (including phenoxy) is 2. The molecule has 4 rings (SSSR count). The molecule has 0 aliphatic carbocycles. The molecule has 4 aromatic rings. The van der Waals surface area contributed by atoms with Gasteiger partial charge in [0, 0.05) is 11.0 Å². The predicted octanol–water partition coefficient (Wildman–Crippen LogP) is 6.36. The minimum absolute atomic E-state index is 0.344. The molecule has 0 spiro atoms. The van der Waals surface area contributed by atoms with E-state index in [1.54, 1.807) is 17.8 Å². The number of pyridine rings is 1. The Kier molecular flexibility index (Phi) is 8.02. The zero-order chi connectivity index (χ0) is 23.9. The van der Waals surface area contributed by atoms with Crippen molar-refractivity contribution in [1.82, 2.24) is 4.98 Å². The molecule has 0 atom stereocenters. The summed E-state index contributed by atoms with van der Waals surface area (Å²) in [7, 11) is 5.97. The number of aromatic nitrogens is 1. The number of hydrogen-bond donors (Lipinski definition) is 0. The lowest BCUT2D eigenvalue weighted by molar-refractivity contribution is 0.296. The second kappa shape index (κ2) is 11.3. The van der Waals surface area contributed by atoms with Crippen molar-refractivity contribution in [3.63, 3.8) is 0 Å². The lowest BCUT2D eigenvalue weighted by Gasteiger charge is -2.17. The van der Waals surface area contributed by atoms with Gasteiger partial charge in [0.05, 0.1) is 6.20 Å². The van der Waals surface area contributed by atoms with Gasteiger partial charge in [-0.2, -0.15) is 11.6 Å². The van der Waals surface area contributed by atoms with Gasteiger partial charge in [-0.05, 0) is 36.9 Å². The summed E-state index contributed by atoms with van der Waals surface area (Å²) in [4.78, 5) is 5.56. The summed E-state index contributed by atoms with van der Waals surface area (Å²) in [5.74, 6) is 2.42. The Balaban J connectivity index is 1.57. The maximum absolute atomic E-state index is 6.22. The Hall–Kier alpha value is -3.11. The molecule has 0 amide bonds. The molecule has 1 aromatic heterocycles. The van der Waals surface area contributed by atoms with Crippen molar-refractivity contribution < 1.29 is 9.47 Å². The Bertz CT molecular complexity index is 1210. The highest BCUT2D eigenvalue weighted by atomic mass is 32.2. The maximum atomic E-state index is 6.22. The van der Waals surface area contributed by atoms with Gasteiger partial charge >= 0.3 is 0 Å². The van der Waals surface area contributed by atoms with Crippen LogP contribution in [0, 0.1) is 13.8 Å². The van der Waals surface area contributed by atoms with E-state index in [0.29, 0.717) is 18.5 Å². The minimum Gasteiger partial charge on any atom is -0.486 e. The van der Waals surface area contributed by atoms with Crippen molar-refractivity contribution in [2.24, 2.45) is 0 Å².